The average Bonchev–Trinajstić information content (AvgIpc) is 2.39. The van der Waals surface area contributed by atoms with Crippen LogP contribution in [0.2, 0.25) is 5.02 Å². The van der Waals surface area contributed by atoms with Gasteiger partial charge in [-0.2, -0.15) is 0 Å². The molecule has 4 heteroatoms. The molecule has 1 atom stereocenters. The van der Waals surface area contributed by atoms with E-state index in [-0.39, 0.29) is 5.92 Å². The lowest BCUT2D eigenvalue weighted by Gasteiger charge is -2.22. The maximum atomic E-state index is 6.25. The van der Waals surface area contributed by atoms with Crippen molar-refractivity contribution < 1.29 is 4.74 Å². The summed E-state index contributed by atoms with van der Waals surface area (Å²) in [4.78, 5) is 0. The highest BCUT2D eigenvalue weighted by molar-refractivity contribution is 6.31. The van der Waals surface area contributed by atoms with E-state index >= 15 is 0 Å². The van der Waals surface area contributed by atoms with Crippen LogP contribution in [0.15, 0.2) is 47.8 Å². The van der Waals surface area contributed by atoms with Gasteiger partial charge in [0.2, 0.25) is 0 Å². The Hall–Kier alpha value is -1.29. The Balaban J connectivity index is 2.15. The number of nitrogens with one attached hydrogen (secondary N) is 1. The van der Waals surface area contributed by atoms with Crippen LogP contribution in [-0.4, -0.2) is 19.8 Å². The van der Waals surface area contributed by atoms with E-state index in [1.807, 2.05) is 25.1 Å². The van der Waals surface area contributed by atoms with Gasteiger partial charge in [-0.05, 0) is 18.6 Å². The molecule has 0 aliphatic carbocycles. The molecule has 3 N–H and O–H groups in total. The van der Waals surface area contributed by atoms with Crippen LogP contribution in [0.3, 0.4) is 0 Å². The van der Waals surface area contributed by atoms with Gasteiger partial charge in [0.05, 0.1) is 13.2 Å². The lowest BCUT2D eigenvalue weighted by molar-refractivity contribution is 0.160. The lowest BCUT2D eigenvalue weighted by Crippen LogP contribution is -2.22. The number of hydrogen-bond donors (Lipinski definition) is 2. The number of nitrogens with two attached hydrogens (primary N) is 1. The van der Waals surface area contributed by atoms with Gasteiger partial charge in [-0.3, -0.25) is 0 Å². The van der Waals surface area contributed by atoms with E-state index < -0.39 is 0 Å². The Morgan fingerprint density at radius 1 is 1.32 bits per heavy atom. The molecular weight excluding hydrogens is 260 g/mol. The second-order valence-electron chi connectivity index (χ2n) is 4.56. The van der Waals surface area contributed by atoms with E-state index in [1.54, 1.807) is 0 Å². The summed E-state index contributed by atoms with van der Waals surface area (Å²) in [6.45, 7) is 3.69. The highest BCUT2D eigenvalue weighted by Gasteiger charge is 2.15. The van der Waals surface area contributed by atoms with Crippen molar-refractivity contribution in [2.24, 2.45) is 5.73 Å². The van der Waals surface area contributed by atoms with Crippen molar-refractivity contribution in [1.82, 2.24) is 5.32 Å². The van der Waals surface area contributed by atoms with Gasteiger partial charge < -0.3 is 15.8 Å². The molecule has 1 aliphatic rings. The van der Waals surface area contributed by atoms with Crippen LogP contribution in [0, 0.1) is 0 Å². The van der Waals surface area contributed by atoms with E-state index in [2.05, 4.69) is 23.5 Å². The Morgan fingerprint density at radius 3 is 2.84 bits per heavy atom. The highest BCUT2D eigenvalue weighted by atomic mass is 35.5. The SMILES string of the molecule is CC1=CC(c2ccccc2Cl)C=C(COCCN)N1. The summed E-state index contributed by atoms with van der Waals surface area (Å²) in [6.07, 6.45) is 4.30. The fraction of sp³-hybridized carbons (Fsp3) is 0.333. The van der Waals surface area contributed by atoms with Crippen LogP contribution in [-0.2, 0) is 4.74 Å². The first-order valence-electron chi connectivity index (χ1n) is 6.39. The number of dihydropyridines is 1. The molecule has 2 rings (SSSR count). The van der Waals surface area contributed by atoms with Crippen LogP contribution >= 0.6 is 11.6 Å². The summed E-state index contributed by atoms with van der Waals surface area (Å²) >= 11 is 6.25. The fourth-order valence-corrected chi connectivity index (χ4v) is 2.41. The summed E-state index contributed by atoms with van der Waals surface area (Å²) in [5, 5.41) is 4.10. The second-order valence-corrected chi connectivity index (χ2v) is 4.96. The summed E-state index contributed by atoms with van der Waals surface area (Å²) < 4.78 is 5.47. The fourth-order valence-electron chi connectivity index (χ4n) is 2.15. The van der Waals surface area contributed by atoms with Gasteiger partial charge in [-0.1, -0.05) is 42.0 Å². The molecule has 19 heavy (non-hydrogen) atoms. The summed E-state index contributed by atoms with van der Waals surface area (Å²) in [6, 6.07) is 7.92. The van der Waals surface area contributed by atoms with E-state index in [1.165, 1.54) is 0 Å². The van der Waals surface area contributed by atoms with Crippen molar-refractivity contribution >= 4 is 11.6 Å². The quantitative estimate of drug-likeness (QED) is 0.814. The minimum Gasteiger partial charge on any atom is -0.374 e. The second kappa shape index (κ2) is 6.75. The number of rotatable bonds is 5. The summed E-state index contributed by atoms with van der Waals surface area (Å²) in [7, 11) is 0. The topological polar surface area (TPSA) is 47.3 Å². The zero-order valence-electron chi connectivity index (χ0n) is 11.0. The van der Waals surface area contributed by atoms with Gasteiger partial charge in [0.1, 0.15) is 0 Å². The van der Waals surface area contributed by atoms with E-state index in [0.717, 1.165) is 22.0 Å². The maximum absolute atomic E-state index is 6.25. The van der Waals surface area contributed by atoms with Crippen LogP contribution in [0.25, 0.3) is 0 Å². The Morgan fingerprint density at radius 2 is 2.11 bits per heavy atom. The molecule has 0 bridgehead atoms. The Kier molecular flexibility index (Phi) is 5.02. The van der Waals surface area contributed by atoms with Gasteiger partial charge in [-0.15, -0.1) is 0 Å². The molecule has 0 radical (unpaired) electrons. The predicted molar refractivity (Wildman–Crippen MR) is 79.0 cm³/mol. The van der Waals surface area contributed by atoms with Gasteiger partial charge in [0.25, 0.3) is 0 Å². The van der Waals surface area contributed by atoms with E-state index in [0.29, 0.717) is 19.8 Å². The molecule has 1 aromatic rings. The first-order chi connectivity index (χ1) is 9.20. The normalized spacial score (nSPS) is 18.6. The molecule has 0 spiro atoms. The molecule has 0 aromatic heterocycles. The Labute approximate surface area is 119 Å². The van der Waals surface area contributed by atoms with E-state index in [4.69, 9.17) is 22.1 Å². The molecule has 0 fully saturated rings. The minimum absolute atomic E-state index is 0.187. The highest BCUT2D eigenvalue weighted by Crippen LogP contribution is 2.30. The Bertz CT molecular complexity index is 497. The van der Waals surface area contributed by atoms with Gasteiger partial charge >= 0.3 is 0 Å². The number of hydrogen-bond acceptors (Lipinski definition) is 3. The van der Waals surface area contributed by atoms with Crippen molar-refractivity contribution in [2.45, 2.75) is 12.8 Å². The molecular formula is C15H19ClN2O. The van der Waals surface area contributed by atoms with Crippen LogP contribution in [0.5, 0.6) is 0 Å². The molecule has 0 amide bonds. The van der Waals surface area contributed by atoms with Crippen LogP contribution in [0.4, 0.5) is 0 Å². The van der Waals surface area contributed by atoms with Gasteiger partial charge in [0, 0.05) is 28.9 Å². The zero-order chi connectivity index (χ0) is 13.7. The van der Waals surface area contributed by atoms with Crippen LogP contribution in [0.1, 0.15) is 18.4 Å². The molecule has 0 saturated heterocycles. The first-order valence-corrected chi connectivity index (χ1v) is 6.77. The third-order valence-corrected chi connectivity index (χ3v) is 3.30. The number of halogens is 1. The van der Waals surface area contributed by atoms with Crippen LogP contribution < -0.4 is 11.1 Å². The molecule has 102 valence electrons. The first kappa shape index (κ1) is 14.1. The van der Waals surface area contributed by atoms with Crippen molar-refractivity contribution in [3.05, 3.63) is 58.4 Å². The predicted octanol–water partition coefficient (Wildman–Crippen LogP) is 2.79. The third-order valence-electron chi connectivity index (χ3n) is 2.95. The number of ether oxygens (including phenoxy) is 1. The molecule has 1 aliphatic heterocycles. The van der Waals surface area contributed by atoms with E-state index in [9.17, 15) is 0 Å². The smallest absolute Gasteiger partial charge is 0.0863 e. The lowest BCUT2D eigenvalue weighted by atomic mass is 9.94. The molecule has 1 aromatic carbocycles. The largest absolute Gasteiger partial charge is 0.374 e. The molecule has 1 heterocycles. The monoisotopic (exact) mass is 278 g/mol. The minimum atomic E-state index is 0.187. The summed E-state index contributed by atoms with van der Waals surface area (Å²) in [5.41, 5.74) is 8.69. The third kappa shape index (κ3) is 3.83. The van der Waals surface area contributed by atoms with Crippen molar-refractivity contribution in [3.8, 4) is 0 Å². The standard InChI is InChI=1S/C15H19ClN2O/c1-11-8-12(14-4-2-3-5-15(14)16)9-13(18-11)10-19-7-6-17/h2-5,8-9,12,18H,6-7,10,17H2,1H3. The summed E-state index contributed by atoms with van der Waals surface area (Å²) in [5.74, 6) is 0.187. The maximum Gasteiger partial charge on any atom is 0.0863 e. The van der Waals surface area contributed by atoms with Gasteiger partial charge in [0.15, 0.2) is 0 Å². The average molecular weight is 279 g/mol. The number of allylic oxidation sites excluding steroid dienone is 3. The van der Waals surface area contributed by atoms with Crippen molar-refractivity contribution in [1.29, 1.82) is 0 Å². The van der Waals surface area contributed by atoms with Crippen molar-refractivity contribution in [2.75, 3.05) is 19.8 Å². The molecule has 3 nitrogen and oxygen atoms in total. The molecule has 1 unspecified atom stereocenters. The van der Waals surface area contributed by atoms with Gasteiger partial charge in [-0.25, -0.2) is 0 Å². The van der Waals surface area contributed by atoms with Crippen molar-refractivity contribution in [3.63, 3.8) is 0 Å². The number of benzene rings is 1. The molecule has 0 saturated carbocycles. The zero-order valence-corrected chi connectivity index (χ0v) is 11.8.